The van der Waals surface area contributed by atoms with Gasteiger partial charge < -0.3 is 15.2 Å². The second-order valence-electron chi connectivity index (χ2n) is 4.26. The molecule has 0 radical (unpaired) electrons. The molecular formula is C15H14N2O4. The van der Waals surface area contributed by atoms with Crippen LogP contribution in [0.2, 0.25) is 0 Å². The van der Waals surface area contributed by atoms with Crippen LogP contribution in [0.5, 0.6) is 5.75 Å². The molecule has 0 aliphatic heterocycles. The van der Waals surface area contributed by atoms with E-state index in [0.717, 1.165) is 0 Å². The Balaban J connectivity index is 2.15. The lowest BCUT2D eigenvalue weighted by Crippen LogP contribution is -2.17. The van der Waals surface area contributed by atoms with E-state index in [-0.39, 0.29) is 23.6 Å². The molecule has 0 saturated carbocycles. The van der Waals surface area contributed by atoms with E-state index in [1.165, 1.54) is 19.2 Å². The molecule has 1 aromatic carbocycles. The molecule has 0 atom stereocenters. The summed E-state index contributed by atoms with van der Waals surface area (Å²) in [6, 6.07) is 9.71. The van der Waals surface area contributed by atoms with E-state index in [4.69, 9.17) is 9.84 Å². The van der Waals surface area contributed by atoms with Gasteiger partial charge in [-0.15, -0.1) is 0 Å². The van der Waals surface area contributed by atoms with Crippen molar-refractivity contribution in [3.63, 3.8) is 0 Å². The fourth-order valence-electron chi connectivity index (χ4n) is 1.80. The van der Waals surface area contributed by atoms with Crippen LogP contribution >= 0.6 is 0 Å². The molecular weight excluding hydrogens is 272 g/mol. The molecule has 21 heavy (non-hydrogen) atoms. The van der Waals surface area contributed by atoms with Gasteiger partial charge in [0.15, 0.2) is 0 Å². The first-order valence-corrected chi connectivity index (χ1v) is 6.21. The van der Waals surface area contributed by atoms with Crippen LogP contribution in [0.15, 0.2) is 42.6 Å². The van der Waals surface area contributed by atoms with Gasteiger partial charge in [0, 0.05) is 11.9 Å². The number of carboxylic acid groups (broad SMARTS) is 1. The van der Waals surface area contributed by atoms with Crippen molar-refractivity contribution >= 4 is 17.6 Å². The van der Waals surface area contributed by atoms with Gasteiger partial charge in [0.05, 0.1) is 24.8 Å². The number of rotatable bonds is 5. The molecule has 0 spiro atoms. The van der Waals surface area contributed by atoms with E-state index in [1.807, 2.05) is 0 Å². The molecule has 6 heteroatoms. The lowest BCUT2D eigenvalue weighted by atomic mass is 10.1. The molecule has 1 heterocycles. The summed E-state index contributed by atoms with van der Waals surface area (Å²) in [7, 11) is 1.44. The summed E-state index contributed by atoms with van der Waals surface area (Å²) in [6.07, 6.45) is 1.67. The Hall–Kier alpha value is -2.89. The summed E-state index contributed by atoms with van der Waals surface area (Å²) >= 11 is 0. The normalized spacial score (nSPS) is 9.95. The highest BCUT2D eigenvalue weighted by Gasteiger charge is 2.14. The summed E-state index contributed by atoms with van der Waals surface area (Å²) in [6.45, 7) is 0. The van der Waals surface area contributed by atoms with Crippen molar-refractivity contribution in [3.8, 4) is 5.75 Å². The Morgan fingerprint density at radius 3 is 2.71 bits per heavy atom. The molecule has 2 aromatic rings. The Bertz CT molecular complexity index is 656. The first-order chi connectivity index (χ1) is 10.1. The topological polar surface area (TPSA) is 88.5 Å². The van der Waals surface area contributed by atoms with Crippen molar-refractivity contribution in [2.45, 2.75) is 6.42 Å². The molecule has 0 aliphatic carbocycles. The zero-order valence-electron chi connectivity index (χ0n) is 11.4. The number of carbonyl (C=O) groups is 2. The van der Waals surface area contributed by atoms with E-state index in [9.17, 15) is 9.59 Å². The molecule has 1 aromatic heterocycles. The number of carboxylic acids is 1. The highest BCUT2D eigenvalue weighted by Crippen LogP contribution is 2.22. The Morgan fingerprint density at radius 1 is 1.29 bits per heavy atom. The molecule has 0 fully saturated rings. The first-order valence-electron chi connectivity index (χ1n) is 6.21. The second kappa shape index (κ2) is 6.51. The van der Waals surface area contributed by atoms with Gasteiger partial charge in [-0.2, -0.15) is 0 Å². The summed E-state index contributed by atoms with van der Waals surface area (Å²) in [5, 5.41) is 11.7. The number of amides is 1. The fraction of sp³-hybridized carbons (Fsp3) is 0.133. The fourth-order valence-corrected chi connectivity index (χ4v) is 1.80. The summed E-state index contributed by atoms with van der Waals surface area (Å²) in [5.74, 6) is -1.06. The van der Waals surface area contributed by atoms with E-state index < -0.39 is 5.97 Å². The minimum Gasteiger partial charge on any atom is -0.497 e. The zero-order valence-corrected chi connectivity index (χ0v) is 11.4. The quantitative estimate of drug-likeness (QED) is 0.877. The maximum absolute atomic E-state index is 11.9. The molecule has 0 bridgehead atoms. The lowest BCUT2D eigenvalue weighted by molar-refractivity contribution is -0.115. The summed E-state index contributed by atoms with van der Waals surface area (Å²) < 4.78 is 4.97. The number of pyridine rings is 1. The van der Waals surface area contributed by atoms with Crippen molar-refractivity contribution in [3.05, 3.63) is 53.9 Å². The molecule has 1 amide bonds. The van der Waals surface area contributed by atoms with Gasteiger partial charge in [0.25, 0.3) is 0 Å². The smallest absolute Gasteiger partial charge is 0.337 e. The Kier molecular flexibility index (Phi) is 4.50. The first kappa shape index (κ1) is 14.5. The molecule has 0 unspecified atom stereocenters. The van der Waals surface area contributed by atoms with Crippen LogP contribution in [0.25, 0.3) is 0 Å². The minimum absolute atomic E-state index is 0.0243. The van der Waals surface area contributed by atoms with Crippen molar-refractivity contribution in [1.29, 1.82) is 0 Å². The second-order valence-corrected chi connectivity index (χ2v) is 4.26. The third-order valence-electron chi connectivity index (χ3n) is 2.80. The highest BCUT2D eigenvalue weighted by molar-refractivity contribution is 6.01. The predicted molar refractivity (Wildman–Crippen MR) is 76.5 cm³/mol. The number of aromatic nitrogens is 1. The van der Waals surface area contributed by atoms with Gasteiger partial charge in [-0.3, -0.25) is 9.78 Å². The van der Waals surface area contributed by atoms with Gasteiger partial charge in [0.2, 0.25) is 5.91 Å². The standard InChI is InChI=1S/C15H14N2O4/c1-21-11-5-6-13(12(9-11)15(19)20)17-14(18)8-10-4-2-3-7-16-10/h2-7,9H,8H2,1H3,(H,17,18)(H,19,20). The number of aromatic carboxylic acids is 1. The number of nitrogens with zero attached hydrogens (tertiary/aromatic N) is 1. The van der Waals surface area contributed by atoms with Gasteiger partial charge in [-0.25, -0.2) is 4.79 Å². The molecule has 0 aliphatic rings. The highest BCUT2D eigenvalue weighted by atomic mass is 16.5. The number of methoxy groups -OCH3 is 1. The van der Waals surface area contributed by atoms with E-state index in [1.54, 1.807) is 30.5 Å². The minimum atomic E-state index is -1.14. The summed E-state index contributed by atoms with van der Waals surface area (Å²) in [4.78, 5) is 27.2. The van der Waals surface area contributed by atoms with Crippen LogP contribution in [0, 0.1) is 0 Å². The SMILES string of the molecule is COc1ccc(NC(=O)Cc2ccccn2)c(C(=O)O)c1. The molecule has 0 saturated heterocycles. The van der Waals surface area contributed by atoms with Gasteiger partial charge >= 0.3 is 5.97 Å². The van der Waals surface area contributed by atoms with E-state index >= 15 is 0 Å². The van der Waals surface area contributed by atoms with Crippen molar-refractivity contribution in [1.82, 2.24) is 4.98 Å². The third-order valence-corrected chi connectivity index (χ3v) is 2.80. The van der Waals surface area contributed by atoms with Gasteiger partial charge in [-0.05, 0) is 30.3 Å². The van der Waals surface area contributed by atoms with E-state index in [2.05, 4.69) is 10.3 Å². The average Bonchev–Trinajstić information content (AvgIpc) is 2.48. The molecule has 2 N–H and O–H groups in total. The Labute approximate surface area is 121 Å². The van der Waals surface area contributed by atoms with Crippen LogP contribution in [0.3, 0.4) is 0 Å². The number of hydrogen-bond acceptors (Lipinski definition) is 4. The number of benzene rings is 1. The number of nitrogens with one attached hydrogen (secondary N) is 1. The van der Waals surface area contributed by atoms with Crippen molar-refractivity contribution in [2.24, 2.45) is 0 Å². The van der Waals surface area contributed by atoms with Crippen LogP contribution in [-0.2, 0) is 11.2 Å². The van der Waals surface area contributed by atoms with Crippen LogP contribution < -0.4 is 10.1 Å². The average molecular weight is 286 g/mol. The molecule has 6 nitrogen and oxygen atoms in total. The van der Waals surface area contributed by atoms with Crippen LogP contribution in [0.4, 0.5) is 5.69 Å². The van der Waals surface area contributed by atoms with Gasteiger partial charge in [-0.1, -0.05) is 6.07 Å². The largest absolute Gasteiger partial charge is 0.497 e. The molecule has 2 rings (SSSR count). The number of anilines is 1. The van der Waals surface area contributed by atoms with Crippen LogP contribution in [0.1, 0.15) is 16.1 Å². The number of hydrogen-bond donors (Lipinski definition) is 2. The van der Waals surface area contributed by atoms with Crippen molar-refractivity contribution in [2.75, 3.05) is 12.4 Å². The zero-order chi connectivity index (χ0) is 15.2. The Morgan fingerprint density at radius 2 is 2.10 bits per heavy atom. The summed E-state index contributed by atoms with van der Waals surface area (Å²) in [5.41, 5.74) is 0.813. The van der Waals surface area contributed by atoms with Crippen LogP contribution in [-0.4, -0.2) is 29.1 Å². The number of ether oxygens (including phenoxy) is 1. The predicted octanol–water partition coefficient (Wildman–Crippen LogP) is 1.97. The number of carbonyl (C=O) groups excluding carboxylic acids is 1. The third kappa shape index (κ3) is 3.79. The molecule has 108 valence electrons. The van der Waals surface area contributed by atoms with Crippen molar-refractivity contribution < 1.29 is 19.4 Å². The van der Waals surface area contributed by atoms with E-state index in [0.29, 0.717) is 11.4 Å². The lowest BCUT2D eigenvalue weighted by Gasteiger charge is -2.10. The monoisotopic (exact) mass is 286 g/mol. The van der Waals surface area contributed by atoms with Gasteiger partial charge in [0.1, 0.15) is 5.75 Å². The maximum Gasteiger partial charge on any atom is 0.337 e. The maximum atomic E-state index is 11.9.